The molecule has 0 bridgehead atoms. The summed E-state index contributed by atoms with van der Waals surface area (Å²) in [6.07, 6.45) is 0.700. The van der Waals surface area contributed by atoms with Gasteiger partial charge in [0.25, 0.3) is 5.91 Å². The fourth-order valence-corrected chi connectivity index (χ4v) is 1.71. The van der Waals surface area contributed by atoms with Crippen molar-refractivity contribution in [3.63, 3.8) is 0 Å². The highest BCUT2D eigenvalue weighted by atomic mass is 16.4. The first-order chi connectivity index (χ1) is 10.0. The molecule has 0 aliphatic carbocycles. The average molecular weight is 293 g/mol. The van der Waals surface area contributed by atoms with E-state index in [-0.39, 0.29) is 12.5 Å². The lowest BCUT2D eigenvalue weighted by Crippen LogP contribution is -2.39. The summed E-state index contributed by atoms with van der Waals surface area (Å²) in [4.78, 5) is 33.7. The molecule has 0 aromatic heterocycles. The minimum Gasteiger partial charge on any atom is -0.480 e. The topological polar surface area (TPSA) is 108 Å². The Morgan fingerprint density at radius 1 is 1.10 bits per heavy atom. The fraction of sp³-hybridized carbons (Fsp3) is 0.357. The first-order valence-electron chi connectivity index (χ1n) is 6.53. The van der Waals surface area contributed by atoms with Crippen LogP contribution in [0.1, 0.15) is 15.9 Å². The Bertz CT molecular complexity index is 517. The molecule has 0 fully saturated rings. The smallest absolute Gasteiger partial charge is 0.322 e. The number of likely N-dealkylation sites (N-methyl/N-ethyl adjacent to an activating group) is 1. The molecule has 1 aromatic carbocycles. The molecular weight excluding hydrogens is 274 g/mol. The van der Waals surface area contributed by atoms with Crippen molar-refractivity contribution in [3.8, 4) is 0 Å². The number of rotatable bonds is 8. The second-order valence-corrected chi connectivity index (χ2v) is 4.36. The molecule has 21 heavy (non-hydrogen) atoms. The molecule has 0 saturated heterocycles. The van der Waals surface area contributed by atoms with Crippen LogP contribution in [0.2, 0.25) is 0 Å². The van der Waals surface area contributed by atoms with Gasteiger partial charge in [-0.25, -0.2) is 0 Å². The quantitative estimate of drug-likeness (QED) is 0.511. The number of carbonyl (C=O) groups is 3. The third-order valence-corrected chi connectivity index (χ3v) is 2.75. The van der Waals surface area contributed by atoms with E-state index in [1.165, 1.54) is 0 Å². The summed E-state index contributed by atoms with van der Waals surface area (Å²) in [5, 5.41) is 16.1. The van der Waals surface area contributed by atoms with Gasteiger partial charge < -0.3 is 21.1 Å². The summed E-state index contributed by atoms with van der Waals surface area (Å²) >= 11 is 0. The van der Waals surface area contributed by atoms with Gasteiger partial charge in [-0.1, -0.05) is 18.2 Å². The van der Waals surface area contributed by atoms with Gasteiger partial charge in [-0.15, -0.1) is 0 Å². The fourth-order valence-electron chi connectivity index (χ4n) is 1.71. The van der Waals surface area contributed by atoms with Gasteiger partial charge in [0, 0.05) is 5.56 Å². The SMILES string of the molecule is CNCCc1ccccc1C(=O)NCC(=O)NCC(=O)O. The Kier molecular flexibility index (Phi) is 6.90. The molecule has 0 spiro atoms. The van der Waals surface area contributed by atoms with Crippen LogP contribution in [0.15, 0.2) is 24.3 Å². The minimum absolute atomic E-state index is 0.257. The van der Waals surface area contributed by atoms with Crippen LogP contribution in [0.3, 0.4) is 0 Å². The van der Waals surface area contributed by atoms with E-state index in [0.29, 0.717) is 12.0 Å². The Morgan fingerprint density at radius 3 is 2.48 bits per heavy atom. The van der Waals surface area contributed by atoms with Crippen molar-refractivity contribution in [2.75, 3.05) is 26.7 Å². The third kappa shape index (κ3) is 6.05. The maximum Gasteiger partial charge on any atom is 0.322 e. The number of carbonyl (C=O) groups excluding carboxylic acids is 2. The van der Waals surface area contributed by atoms with Gasteiger partial charge in [-0.05, 0) is 31.6 Å². The van der Waals surface area contributed by atoms with Crippen LogP contribution in [0.5, 0.6) is 0 Å². The van der Waals surface area contributed by atoms with Crippen LogP contribution in [-0.4, -0.2) is 49.6 Å². The summed E-state index contributed by atoms with van der Waals surface area (Å²) < 4.78 is 0. The van der Waals surface area contributed by atoms with Gasteiger partial charge in [-0.3, -0.25) is 14.4 Å². The van der Waals surface area contributed by atoms with Gasteiger partial charge in [0.1, 0.15) is 6.54 Å². The molecule has 0 heterocycles. The monoisotopic (exact) mass is 293 g/mol. The molecule has 4 N–H and O–H groups in total. The summed E-state index contributed by atoms with van der Waals surface area (Å²) in [7, 11) is 1.83. The van der Waals surface area contributed by atoms with Crippen LogP contribution < -0.4 is 16.0 Å². The molecule has 7 nitrogen and oxygen atoms in total. The number of benzene rings is 1. The zero-order valence-corrected chi connectivity index (χ0v) is 11.8. The lowest BCUT2D eigenvalue weighted by atomic mass is 10.0. The van der Waals surface area contributed by atoms with Crippen LogP contribution in [0, 0.1) is 0 Å². The zero-order valence-electron chi connectivity index (χ0n) is 11.8. The number of carboxylic acids is 1. The van der Waals surface area contributed by atoms with Crippen LogP contribution in [0.25, 0.3) is 0 Å². The Hall–Kier alpha value is -2.41. The second-order valence-electron chi connectivity index (χ2n) is 4.36. The van der Waals surface area contributed by atoms with Gasteiger partial charge in [0.05, 0.1) is 6.54 Å². The van der Waals surface area contributed by atoms with Gasteiger partial charge in [-0.2, -0.15) is 0 Å². The van der Waals surface area contributed by atoms with E-state index >= 15 is 0 Å². The number of carboxylic acid groups (broad SMARTS) is 1. The van der Waals surface area contributed by atoms with Crippen molar-refractivity contribution in [3.05, 3.63) is 35.4 Å². The largest absolute Gasteiger partial charge is 0.480 e. The van der Waals surface area contributed by atoms with Crippen LogP contribution in [-0.2, 0) is 16.0 Å². The summed E-state index contributed by atoms with van der Waals surface area (Å²) in [5.41, 5.74) is 1.40. The normalized spacial score (nSPS) is 9.95. The van der Waals surface area contributed by atoms with Gasteiger partial charge in [0.15, 0.2) is 0 Å². The van der Waals surface area contributed by atoms with E-state index in [1.54, 1.807) is 12.1 Å². The molecule has 114 valence electrons. The predicted molar refractivity (Wildman–Crippen MR) is 77.1 cm³/mol. The van der Waals surface area contributed by atoms with E-state index in [2.05, 4.69) is 16.0 Å². The lowest BCUT2D eigenvalue weighted by molar-refractivity contribution is -0.137. The van der Waals surface area contributed by atoms with E-state index in [0.717, 1.165) is 12.1 Å². The van der Waals surface area contributed by atoms with E-state index in [9.17, 15) is 14.4 Å². The number of aliphatic carboxylic acids is 1. The predicted octanol–water partition coefficient (Wildman–Crippen LogP) is -0.621. The van der Waals surface area contributed by atoms with Crippen molar-refractivity contribution in [2.24, 2.45) is 0 Å². The molecule has 0 atom stereocenters. The summed E-state index contributed by atoms with van der Waals surface area (Å²) in [5.74, 6) is -2.03. The molecule has 0 radical (unpaired) electrons. The molecule has 0 saturated carbocycles. The second kappa shape index (κ2) is 8.70. The number of amides is 2. The number of hydrogen-bond acceptors (Lipinski definition) is 4. The summed E-state index contributed by atoms with van der Waals surface area (Å²) in [6.45, 7) is 0.0172. The van der Waals surface area contributed by atoms with Crippen molar-refractivity contribution < 1.29 is 19.5 Å². The van der Waals surface area contributed by atoms with Crippen LogP contribution in [0.4, 0.5) is 0 Å². The maximum atomic E-state index is 12.0. The highest BCUT2D eigenvalue weighted by Crippen LogP contribution is 2.09. The summed E-state index contributed by atoms with van der Waals surface area (Å²) in [6, 6.07) is 7.15. The highest BCUT2D eigenvalue weighted by molar-refractivity contribution is 5.97. The van der Waals surface area contributed by atoms with E-state index in [1.807, 2.05) is 19.2 Å². The van der Waals surface area contributed by atoms with Crippen molar-refractivity contribution >= 4 is 17.8 Å². The number of hydrogen-bond donors (Lipinski definition) is 4. The first-order valence-corrected chi connectivity index (χ1v) is 6.53. The average Bonchev–Trinajstić information content (AvgIpc) is 2.48. The lowest BCUT2D eigenvalue weighted by Gasteiger charge is -2.10. The Balaban J connectivity index is 2.55. The Labute approximate surface area is 122 Å². The molecule has 0 aliphatic heterocycles. The molecular formula is C14H19N3O4. The van der Waals surface area contributed by atoms with Crippen molar-refractivity contribution in [1.29, 1.82) is 0 Å². The van der Waals surface area contributed by atoms with E-state index in [4.69, 9.17) is 5.11 Å². The molecule has 7 heteroatoms. The molecule has 1 rings (SSSR count). The van der Waals surface area contributed by atoms with E-state index < -0.39 is 18.4 Å². The number of nitrogens with one attached hydrogen (secondary N) is 3. The van der Waals surface area contributed by atoms with Crippen LogP contribution >= 0.6 is 0 Å². The zero-order chi connectivity index (χ0) is 15.7. The third-order valence-electron chi connectivity index (χ3n) is 2.75. The molecule has 0 aliphatic rings. The van der Waals surface area contributed by atoms with Crippen molar-refractivity contribution in [1.82, 2.24) is 16.0 Å². The molecule has 1 aromatic rings. The van der Waals surface area contributed by atoms with Gasteiger partial charge in [0.2, 0.25) is 5.91 Å². The van der Waals surface area contributed by atoms with Gasteiger partial charge >= 0.3 is 5.97 Å². The Morgan fingerprint density at radius 2 is 1.81 bits per heavy atom. The first kappa shape index (κ1) is 16.6. The molecule has 2 amide bonds. The standard InChI is InChI=1S/C14H19N3O4/c1-15-7-6-10-4-2-3-5-11(10)14(21)17-8-12(18)16-9-13(19)20/h2-5,15H,6-9H2,1H3,(H,16,18)(H,17,21)(H,19,20). The molecule has 0 unspecified atom stereocenters. The highest BCUT2D eigenvalue weighted by Gasteiger charge is 2.12. The van der Waals surface area contributed by atoms with Crippen molar-refractivity contribution in [2.45, 2.75) is 6.42 Å². The maximum absolute atomic E-state index is 12.0. The minimum atomic E-state index is -1.13.